The van der Waals surface area contributed by atoms with Crippen LogP contribution in [-0.4, -0.2) is 34.5 Å². The van der Waals surface area contributed by atoms with E-state index in [2.05, 4.69) is 32.9 Å². The first kappa shape index (κ1) is 19.9. The van der Waals surface area contributed by atoms with Crippen molar-refractivity contribution in [3.63, 3.8) is 0 Å². The van der Waals surface area contributed by atoms with Crippen LogP contribution in [0.15, 0.2) is 24.3 Å². The van der Waals surface area contributed by atoms with Crippen molar-refractivity contribution in [2.75, 3.05) is 0 Å². The highest BCUT2D eigenvalue weighted by atomic mass is 16.6. The SMILES string of the molecule is CC(C)(C)OC(=O)N1C2CCC1CC(C(=O)c1ccc(C(C)(C)C)cc1)C2. The molecule has 0 spiro atoms. The van der Waals surface area contributed by atoms with E-state index in [0.29, 0.717) is 0 Å². The second-order valence-electron chi connectivity index (χ2n) is 10.1. The van der Waals surface area contributed by atoms with Crippen LogP contribution in [-0.2, 0) is 10.2 Å². The van der Waals surface area contributed by atoms with E-state index >= 15 is 0 Å². The lowest BCUT2D eigenvalue weighted by atomic mass is 9.83. The van der Waals surface area contributed by atoms with Crippen molar-refractivity contribution in [2.24, 2.45) is 5.92 Å². The summed E-state index contributed by atoms with van der Waals surface area (Å²) in [6, 6.07) is 8.31. The standard InChI is InChI=1S/C23H33NO3/c1-22(2,3)17-9-7-15(8-10-17)20(25)16-13-18-11-12-19(14-16)24(18)21(26)27-23(4,5)6/h7-10,16,18-19H,11-14H2,1-6H3. The maximum absolute atomic E-state index is 13.1. The van der Waals surface area contributed by atoms with Crippen molar-refractivity contribution in [3.8, 4) is 0 Å². The third kappa shape index (κ3) is 4.36. The summed E-state index contributed by atoms with van der Waals surface area (Å²) in [5.41, 5.74) is 1.62. The van der Waals surface area contributed by atoms with Crippen LogP contribution in [0.4, 0.5) is 4.79 Å². The molecule has 0 aromatic heterocycles. The van der Waals surface area contributed by atoms with Crippen molar-refractivity contribution in [1.29, 1.82) is 0 Å². The van der Waals surface area contributed by atoms with Gasteiger partial charge in [0.1, 0.15) is 5.60 Å². The van der Waals surface area contributed by atoms with Gasteiger partial charge in [0.2, 0.25) is 0 Å². The number of carbonyl (C=O) groups is 2. The highest BCUT2D eigenvalue weighted by Crippen LogP contribution is 2.40. The van der Waals surface area contributed by atoms with E-state index in [1.807, 2.05) is 37.8 Å². The lowest BCUT2D eigenvalue weighted by Gasteiger charge is -2.39. The molecule has 148 valence electrons. The molecule has 0 saturated carbocycles. The number of amides is 1. The zero-order valence-electron chi connectivity index (χ0n) is 17.5. The second-order valence-corrected chi connectivity index (χ2v) is 10.1. The highest BCUT2D eigenvalue weighted by Gasteiger charge is 2.46. The molecule has 2 unspecified atom stereocenters. The zero-order valence-corrected chi connectivity index (χ0v) is 17.5. The van der Waals surface area contributed by atoms with Gasteiger partial charge in [-0.1, -0.05) is 45.0 Å². The van der Waals surface area contributed by atoms with Crippen molar-refractivity contribution in [2.45, 2.75) is 90.3 Å². The normalized spacial score (nSPS) is 25.4. The quantitative estimate of drug-likeness (QED) is 0.659. The molecule has 27 heavy (non-hydrogen) atoms. The summed E-state index contributed by atoms with van der Waals surface area (Å²) < 4.78 is 5.59. The molecule has 1 aromatic rings. The number of ether oxygens (including phenoxy) is 1. The van der Waals surface area contributed by atoms with Crippen molar-refractivity contribution in [1.82, 2.24) is 4.90 Å². The number of Topliss-reactive ketones (excluding diaryl/α,β-unsaturated/α-hetero) is 1. The number of piperidine rings is 1. The van der Waals surface area contributed by atoms with Gasteiger partial charge in [0.15, 0.2) is 5.78 Å². The van der Waals surface area contributed by atoms with Gasteiger partial charge in [0.05, 0.1) is 0 Å². The topological polar surface area (TPSA) is 46.6 Å². The molecule has 2 bridgehead atoms. The Kier molecular flexibility index (Phi) is 5.13. The first-order valence-corrected chi connectivity index (χ1v) is 10.1. The summed E-state index contributed by atoms with van der Waals surface area (Å²) >= 11 is 0. The van der Waals surface area contributed by atoms with E-state index in [1.54, 1.807) is 0 Å². The van der Waals surface area contributed by atoms with Crippen molar-refractivity contribution in [3.05, 3.63) is 35.4 Å². The van der Waals surface area contributed by atoms with E-state index in [9.17, 15) is 9.59 Å². The van der Waals surface area contributed by atoms with Crippen LogP contribution in [0.25, 0.3) is 0 Å². The minimum Gasteiger partial charge on any atom is -0.444 e. The molecule has 0 N–H and O–H groups in total. The Balaban J connectivity index is 1.69. The highest BCUT2D eigenvalue weighted by molar-refractivity contribution is 5.98. The molecule has 4 nitrogen and oxygen atoms in total. The molecule has 2 heterocycles. The summed E-state index contributed by atoms with van der Waals surface area (Å²) in [6.45, 7) is 12.2. The first-order valence-electron chi connectivity index (χ1n) is 10.1. The number of hydrogen-bond donors (Lipinski definition) is 0. The van der Waals surface area contributed by atoms with E-state index in [4.69, 9.17) is 4.74 Å². The number of benzene rings is 1. The molecular formula is C23H33NO3. The van der Waals surface area contributed by atoms with Gasteiger partial charge in [-0.05, 0) is 57.4 Å². The smallest absolute Gasteiger partial charge is 0.410 e. The van der Waals surface area contributed by atoms with Crippen molar-refractivity contribution >= 4 is 11.9 Å². The third-order valence-electron chi connectivity index (χ3n) is 5.74. The summed E-state index contributed by atoms with van der Waals surface area (Å²) in [7, 11) is 0. The Morgan fingerprint density at radius 3 is 1.89 bits per heavy atom. The number of carbonyl (C=O) groups excluding carboxylic acids is 2. The van der Waals surface area contributed by atoms with E-state index in [0.717, 1.165) is 31.2 Å². The number of fused-ring (bicyclic) bond motifs is 2. The molecular weight excluding hydrogens is 338 g/mol. The maximum Gasteiger partial charge on any atom is 0.410 e. The van der Waals surface area contributed by atoms with Gasteiger partial charge < -0.3 is 9.64 Å². The van der Waals surface area contributed by atoms with Crippen molar-refractivity contribution < 1.29 is 14.3 Å². The molecule has 3 rings (SSSR count). The van der Waals surface area contributed by atoms with Crippen LogP contribution < -0.4 is 0 Å². The van der Waals surface area contributed by atoms with Crippen LogP contribution in [0.2, 0.25) is 0 Å². The van der Waals surface area contributed by atoms with Crippen LogP contribution in [0.3, 0.4) is 0 Å². The van der Waals surface area contributed by atoms with Gasteiger partial charge in [-0.25, -0.2) is 4.79 Å². The maximum atomic E-state index is 13.1. The molecule has 1 amide bonds. The summed E-state index contributed by atoms with van der Waals surface area (Å²) in [5, 5.41) is 0. The Labute approximate surface area is 163 Å². The summed E-state index contributed by atoms with van der Waals surface area (Å²) in [5.74, 6) is 0.220. The van der Waals surface area contributed by atoms with Crippen LogP contribution >= 0.6 is 0 Å². The van der Waals surface area contributed by atoms with Crippen LogP contribution in [0, 0.1) is 5.92 Å². The lowest BCUT2D eigenvalue weighted by Crippen LogP contribution is -2.49. The summed E-state index contributed by atoms with van der Waals surface area (Å²) in [4.78, 5) is 27.5. The van der Waals surface area contributed by atoms with Gasteiger partial charge in [-0.3, -0.25) is 4.79 Å². The van der Waals surface area contributed by atoms with E-state index in [-0.39, 0.29) is 35.3 Å². The molecule has 2 atom stereocenters. The fourth-order valence-corrected chi connectivity index (χ4v) is 4.37. The van der Waals surface area contributed by atoms with Gasteiger partial charge in [0.25, 0.3) is 0 Å². The van der Waals surface area contributed by atoms with Gasteiger partial charge in [-0.2, -0.15) is 0 Å². The molecule has 2 aliphatic heterocycles. The largest absolute Gasteiger partial charge is 0.444 e. The van der Waals surface area contributed by atoms with Gasteiger partial charge in [-0.15, -0.1) is 0 Å². The fraction of sp³-hybridized carbons (Fsp3) is 0.652. The third-order valence-corrected chi connectivity index (χ3v) is 5.74. The summed E-state index contributed by atoms with van der Waals surface area (Å²) in [6.07, 6.45) is 3.20. The minimum absolute atomic E-state index is 0.00155. The van der Waals surface area contributed by atoms with Gasteiger partial charge in [0, 0.05) is 23.6 Å². The Morgan fingerprint density at radius 2 is 1.44 bits per heavy atom. The van der Waals surface area contributed by atoms with E-state index in [1.165, 1.54) is 5.56 Å². The number of ketones is 1. The molecule has 0 aliphatic carbocycles. The number of rotatable bonds is 2. The average Bonchev–Trinajstić information content (AvgIpc) is 2.82. The Bertz CT molecular complexity index is 695. The Hall–Kier alpha value is -1.84. The number of nitrogens with zero attached hydrogens (tertiary/aromatic N) is 1. The lowest BCUT2D eigenvalue weighted by molar-refractivity contribution is 0.00254. The second kappa shape index (κ2) is 6.96. The molecule has 4 heteroatoms. The first-order chi connectivity index (χ1) is 12.5. The minimum atomic E-state index is -0.488. The molecule has 0 radical (unpaired) electrons. The molecule has 2 saturated heterocycles. The Morgan fingerprint density at radius 1 is 0.926 bits per heavy atom. The van der Waals surface area contributed by atoms with E-state index < -0.39 is 5.60 Å². The number of hydrogen-bond acceptors (Lipinski definition) is 3. The zero-order chi connectivity index (χ0) is 20.0. The fourth-order valence-electron chi connectivity index (χ4n) is 4.37. The average molecular weight is 372 g/mol. The molecule has 2 aliphatic rings. The van der Waals surface area contributed by atoms with Crippen LogP contribution in [0.1, 0.15) is 83.1 Å². The monoisotopic (exact) mass is 371 g/mol. The van der Waals surface area contributed by atoms with Gasteiger partial charge >= 0.3 is 6.09 Å². The van der Waals surface area contributed by atoms with Crippen LogP contribution in [0.5, 0.6) is 0 Å². The molecule has 1 aromatic carbocycles. The predicted octanol–water partition coefficient (Wildman–Crippen LogP) is 5.34. The predicted molar refractivity (Wildman–Crippen MR) is 107 cm³/mol. The molecule has 2 fully saturated rings.